The van der Waals surface area contributed by atoms with E-state index in [2.05, 4.69) is 9.97 Å². The van der Waals surface area contributed by atoms with Gasteiger partial charge in [0.2, 0.25) is 0 Å². The molecule has 1 aromatic heterocycles. The number of carboxylic acids is 1. The summed E-state index contributed by atoms with van der Waals surface area (Å²) in [5.74, 6) is -0.968. The number of benzene rings is 1. The van der Waals surface area contributed by atoms with Crippen LogP contribution >= 0.6 is 0 Å². The molecule has 4 nitrogen and oxygen atoms in total. The first-order valence-corrected chi connectivity index (χ1v) is 5.03. The van der Waals surface area contributed by atoms with Crippen LogP contribution in [0.2, 0.25) is 0 Å². The fourth-order valence-electron chi connectivity index (χ4n) is 1.50. The molecule has 0 radical (unpaired) electrons. The molecular formula is C13H10N2O2. The monoisotopic (exact) mass is 226 g/mol. The van der Waals surface area contributed by atoms with Crippen molar-refractivity contribution in [3.05, 3.63) is 54.6 Å². The Bertz CT molecular complexity index is 550. The van der Waals surface area contributed by atoms with Gasteiger partial charge in [0.15, 0.2) is 0 Å². The highest BCUT2D eigenvalue weighted by atomic mass is 16.4. The zero-order valence-corrected chi connectivity index (χ0v) is 8.95. The third-order valence-electron chi connectivity index (χ3n) is 2.24. The van der Waals surface area contributed by atoms with Crippen LogP contribution in [0.1, 0.15) is 5.56 Å². The quantitative estimate of drug-likeness (QED) is 0.815. The van der Waals surface area contributed by atoms with Gasteiger partial charge in [-0.1, -0.05) is 24.3 Å². The van der Waals surface area contributed by atoms with E-state index in [-0.39, 0.29) is 0 Å². The molecule has 0 aliphatic rings. The second-order valence-corrected chi connectivity index (χ2v) is 3.39. The van der Waals surface area contributed by atoms with Crippen molar-refractivity contribution in [3.8, 4) is 11.1 Å². The molecule has 2 aromatic rings. The third-order valence-corrected chi connectivity index (χ3v) is 2.24. The molecule has 0 amide bonds. The summed E-state index contributed by atoms with van der Waals surface area (Å²) in [7, 11) is 0. The summed E-state index contributed by atoms with van der Waals surface area (Å²) in [6, 6.07) is 7.50. The van der Waals surface area contributed by atoms with Gasteiger partial charge < -0.3 is 5.11 Å². The summed E-state index contributed by atoms with van der Waals surface area (Å²) < 4.78 is 0. The maximum atomic E-state index is 10.5. The van der Waals surface area contributed by atoms with Crippen molar-refractivity contribution >= 4 is 12.0 Å². The molecule has 0 fully saturated rings. The standard InChI is InChI=1S/C13H10N2O2/c16-13(17)6-5-10-3-1-2-4-12(10)11-7-14-9-15-8-11/h1-9H,(H,16,17)/b6-5+. The zero-order valence-electron chi connectivity index (χ0n) is 8.95. The summed E-state index contributed by atoms with van der Waals surface area (Å²) in [5.41, 5.74) is 2.59. The Hall–Kier alpha value is -2.49. The molecule has 0 atom stereocenters. The number of carbonyl (C=O) groups is 1. The number of aliphatic carboxylic acids is 1. The Morgan fingerprint density at radius 2 is 1.88 bits per heavy atom. The highest BCUT2D eigenvalue weighted by molar-refractivity contribution is 5.87. The van der Waals surface area contributed by atoms with E-state index in [0.717, 1.165) is 22.8 Å². The molecule has 1 aromatic carbocycles. The van der Waals surface area contributed by atoms with Gasteiger partial charge in [-0.3, -0.25) is 0 Å². The van der Waals surface area contributed by atoms with Crippen LogP contribution in [0.15, 0.2) is 49.1 Å². The molecule has 4 heteroatoms. The topological polar surface area (TPSA) is 63.1 Å². The molecule has 17 heavy (non-hydrogen) atoms. The molecule has 0 bridgehead atoms. The molecule has 0 unspecified atom stereocenters. The lowest BCUT2D eigenvalue weighted by Crippen LogP contribution is -1.88. The average Bonchev–Trinajstić information content (AvgIpc) is 2.38. The lowest BCUT2D eigenvalue weighted by molar-refractivity contribution is -0.131. The van der Waals surface area contributed by atoms with Crippen LogP contribution in [0.4, 0.5) is 0 Å². The predicted molar refractivity (Wildman–Crippen MR) is 64.1 cm³/mol. The van der Waals surface area contributed by atoms with E-state index in [0.29, 0.717) is 0 Å². The molecule has 0 aliphatic heterocycles. The number of carboxylic acid groups (broad SMARTS) is 1. The summed E-state index contributed by atoms with van der Waals surface area (Å²) in [6.45, 7) is 0. The average molecular weight is 226 g/mol. The van der Waals surface area contributed by atoms with Gasteiger partial charge in [0, 0.05) is 24.0 Å². The molecular weight excluding hydrogens is 216 g/mol. The lowest BCUT2D eigenvalue weighted by Gasteiger charge is -2.04. The van der Waals surface area contributed by atoms with Crippen molar-refractivity contribution < 1.29 is 9.90 Å². The summed E-state index contributed by atoms with van der Waals surface area (Å²) in [6.07, 6.45) is 7.52. The molecule has 1 heterocycles. The van der Waals surface area contributed by atoms with Crippen molar-refractivity contribution in [2.45, 2.75) is 0 Å². The molecule has 0 saturated carbocycles. The number of hydrogen-bond donors (Lipinski definition) is 1. The van der Waals surface area contributed by atoms with Gasteiger partial charge in [0.25, 0.3) is 0 Å². The van der Waals surface area contributed by atoms with Gasteiger partial charge >= 0.3 is 5.97 Å². The second-order valence-electron chi connectivity index (χ2n) is 3.39. The van der Waals surface area contributed by atoms with Crippen LogP contribution in [0.25, 0.3) is 17.2 Å². The highest BCUT2D eigenvalue weighted by Crippen LogP contribution is 2.22. The molecule has 1 N–H and O–H groups in total. The van der Waals surface area contributed by atoms with Gasteiger partial charge in [-0.15, -0.1) is 0 Å². The highest BCUT2D eigenvalue weighted by Gasteiger charge is 2.02. The molecule has 0 spiro atoms. The Kier molecular flexibility index (Phi) is 3.25. The second kappa shape index (κ2) is 5.03. The molecule has 0 saturated heterocycles. The SMILES string of the molecule is O=C(O)/C=C/c1ccccc1-c1cncnc1. The van der Waals surface area contributed by atoms with Crippen LogP contribution in [0.3, 0.4) is 0 Å². The summed E-state index contributed by atoms with van der Waals surface area (Å²) in [4.78, 5) is 18.4. The number of rotatable bonds is 3. The molecule has 0 aliphatic carbocycles. The third kappa shape index (κ3) is 2.75. The van der Waals surface area contributed by atoms with E-state index in [9.17, 15) is 4.79 Å². The van der Waals surface area contributed by atoms with Crippen LogP contribution in [-0.4, -0.2) is 21.0 Å². The maximum Gasteiger partial charge on any atom is 0.328 e. The molecule has 2 rings (SSSR count). The Morgan fingerprint density at radius 3 is 2.59 bits per heavy atom. The number of nitrogens with zero attached hydrogens (tertiary/aromatic N) is 2. The lowest BCUT2D eigenvalue weighted by atomic mass is 10.0. The van der Waals surface area contributed by atoms with E-state index in [4.69, 9.17) is 5.11 Å². The van der Waals surface area contributed by atoms with E-state index in [1.165, 1.54) is 6.33 Å². The molecule has 84 valence electrons. The van der Waals surface area contributed by atoms with E-state index in [1.54, 1.807) is 18.5 Å². The van der Waals surface area contributed by atoms with Gasteiger partial charge in [-0.25, -0.2) is 14.8 Å². The smallest absolute Gasteiger partial charge is 0.328 e. The predicted octanol–water partition coefficient (Wildman–Crippen LogP) is 2.24. The van der Waals surface area contributed by atoms with E-state index < -0.39 is 5.97 Å². The van der Waals surface area contributed by atoms with Crippen LogP contribution < -0.4 is 0 Å². The Morgan fingerprint density at radius 1 is 1.18 bits per heavy atom. The van der Waals surface area contributed by atoms with Crippen molar-refractivity contribution in [1.29, 1.82) is 0 Å². The minimum atomic E-state index is -0.968. The van der Waals surface area contributed by atoms with Crippen molar-refractivity contribution in [3.63, 3.8) is 0 Å². The summed E-state index contributed by atoms with van der Waals surface area (Å²) >= 11 is 0. The van der Waals surface area contributed by atoms with Gasteiger partial charge in [0.1, 0.15) is 6.33 Å². The first kappa shape index (κ1) is 11.0. The largest absolute Gasteiger partial charge is 0.478 e. The van der Waals surface area contributed by atoms with Crippen LogP contribution in [0, 0.1) is 0 Å². The van der Waals surface area contributed by atoms with E-state index in [1.807, 2.05) is 24.3 Å². The minimum absolute atomic E-state index is 0.824. The van der Waals surface area contributed by atoms with E-state index >= 15 is 0 Å². The van der Waals surface area contributed by atoms with Gasteiger partial charge in [-0.05, 0) is 17.2 Å². The Labute approximate surface area is 98.3 Å². The summed E-state index contributed by atoms with van der Waals surface area (Å²) in [5, 5.41) is 8.62. The number of hydrogen-bond acceptors (Lipinski definition) is 3. The van der Waals surface area contributed by atoms with Crippen molar-refractivity contribution in [2.24, 2.45) is 0 Å². The Balaban J connectivity index is 2.45. The zero-order chi connectivity index (χ0) is 12.1. The first-order chi connectivity index (χ1) is 8.27. The first-order valence-electron chi connectivity index (χ1n) is 5.03. The fraction of sp³-hybridized carbons (Fsp3) is 0. The minimum Gasteiger partial charge on any atom is -0.478 e. The normalized spacial score (nSPS) is 10.6. The van der Waals surface area contributed by atoms with Crippen LogP contribution in [0.5, 0.6) is 0 Å². The van der Waals surface area contributed by atoms with Gasteiger partial charge in [-0.2, -0.15) is 0 Å². The van der Waals surface area contributed by atoms with Gasteiger partial charge in [0.05, 0.1) is 0 Å². The van der Waals surface area contributed by atoms with Crippen molar-refractivity contribution in [2.75, 3.05) is 0 Å². The van der Waals surface area contributed by atoms with Crippen molar-refractivity contribution in [1.82, 2.24) is 9.97 Å². The fourth-order valence-corrected chi connectivity index (χ4v) is 1.50. The number of aromatic nitrogens is 2. The van der Waals surface area contributed by atoms with Crippen LogP contribution in [-0.2, 0) is 4.79 Å². The maximum absolute atomic E-state index is 10.5.